The van der Waals surface area contributed by atoms with Crippen molar-refractivity contribution in [3.05, 3.63) is 42.5 Å². The molecule has 5 nitrogen and oxygen atoms in total. The Balaban J connectivity index is 0. The quantitative estimate of drug-likeness (QED) is 0.367. The second-order valence-corrected chi connectivity index (χ2v) is 4.29. The molecule has 0 radical (unpaired) electrons. The van der Waals surface area contributed by atoms with Gasteiger partial charge in [0.25, 0.3) is 0 Å². The molecule has 1 amide bonds. The molecular formula is C10H12NNaO4S. The predicted molar refractivity (Wildman–Crippen MR) is 58.4 cm³/mol. The van der Waals surface area contributed by atoms with Gasteiger partial charge in [0.2, 0.25) is 5.91 Å². The van der Waals surface area contributed by atoms with Crippen molar-refractivity contribution >= 4 is 16.0 Å². The molecule has 1 aromatic carbocycles. The zero-order valence-corrected chi connectivity index (χ0v) is 12.5. The molecule has 0 aliphatic heterocycles. The van der Waals surface area contributed by atoms with Crippen molar-refractivity contribution in [1.29, 1.82) is 0 Å². The molecule has 1 aromatic rings. The van der Waals surface area contributed by atoms with Crippen molar-refractivity contribution in [2.45, 2.75) is 11.8 Å². The standard InChI is InChI=1S/C6H6O3S.C4H7NO.Na/c7-10(8,9)6-4-2-1-3-5-6;1-3(2)4(5)6;/h1-5H,(H,7,8,9);1H2,2H3,(H2,5,6);/q;;+1/p-1. The van der Waals surface area contributed by atoms with E-state index in [4.69, 9.17) is 5.73 Å². The number of carbonyl (C=O) groups is 1. The smallest absolute Gasteiger partial charge is 0.744 e. The van der Waals surface area contributed by atoms with Gasteiger partial charge in [-0.25, -0.2) is 8.42 Å². The molecule has 0 heterocycles. The molecular weight excluding hydrogens is 253 g/mol. The zero-order chi connectivity index (χ0) is 12.8. The number of rotatable bonds is 2. The monoisotopic (exact) mass is 265 g/mol. The minimum Gasteiger partial charge on any atom is -0.744 e. The number of hydrogen-bond acceptors (Lipinski definition) is 4. The number of benzene rings is 1. The first-order chi connectivity index (χ1) is 7.25. The van der Waals surface area contributed by atoms with Crippen molar-refractivity contribution in [3.63, 3.8) is 0 Å². The molecule has 0 aromatic heterocycles. The Labute approximate surface area is 123 Å². The predicted octanol–water partition coefficient (Wildman–Crippen LogP) is -2.36. The third-order valence-corrected chi connectivity index (χ3v) is 2.30. The summed E-state index contributed by atoms with van der Waals surface area (Å²) in [7, 11) is -4.25. The largest absolute Gasteiger partial charge is 1.00 e. The number of nitrogens with two attached hydrogens (primary N) is 1. The van der Waals surface area contributed by atoms with Crippen LogP contribution in [0.15, 0.2) is 47.4 Å². The van der Waals surface area contributed by atoms with Gasteiger partial charge in [0.05, 0.1) is 4.90 Å². The van der Waals surface area contributed by atoms with E-state index >= 15 is 0 Å². The molecule has 0 saturated heterocycles. The summed E-state index contributed by atoms with van der Waals surface area (Å²) in [6, 6.07) is 7.19. The normalized spacial score (nSPS) is 9.29. The first kappa shape index (κ1) is 18.7. The fraction of sp³-hybridized carbons (Fsp3) is 0.100. The molecule has 0 aliphatic rings. The third-order valence-electron chi connectivity index (χ3n) is 1.45. The summed E-state index contributed by atoms with van der Waals surface area (Å²) in [6.45, 7) is 4.85. The van der Waals surface area contributed by atoms with Crippen LogP contribution in [0.1, 0.15) is 6.92 Å². The van der Waals surface area contributed by atoms with Crippen LogP contribution in [0.25, 0.3) is 0 Å². The van der Waals surface area contributed by atoms with E-state index in [1.165, 1.54) is 24.3 Å². The van der Waals surface area contributed by atoms with Crippen LogP contribution in [-0.2, 0) is 14.9 Å². The Hall–Kier alpha value is -0.660. The Bertz CT molecular complexity index is 458. The van der Waals surface area contributed by atoms with E-state index in [0.717, 1.165) is 0 Å². The van der Waals surface area contributed by atoms with Crippen LogP contribution in [0.5, 0.6) is 0 Å². The van der Waals surface area contributed by atoms with Gasteiger partial charge in [0.1, 0.15) is 10.1 Å². The van der Waals surface area contributed by atoms with E-state index in [1.54, 1.807) is 13.0 Å². The van der Waals surface area contributed by atoms with Crippen LogP contribution in [0.2, 0.25) is 0 Å². The topological polar surface area (TPSA) is 100 Å². The fourth-order valence-electron chi connectivity index (χ4n) is 0.587. The van der Waals surface area contributed by atoms with Gasteiger partial charge in [-0.05, 0) is 19.1 Å². The second-order valence-electron chi connectivity index (χ2n) is 2.91. The molecule has 0 bridgehead atoms. The van der Waals surface area contributed by atoms with Crippen LogP contribution in [0, 0.1) is 0 Å². The van der Waals surface area contributed by atoms with Gasteiger partial charge in [-0.2, -0.15) is 0 Å². The maximum Gasteiger partial charge on any atom is 1.00 e. The van der Waals surface area contributed by atoms with Gasteiger partial charge in [0, 0.05) is 5.57 Å². The molecule has 7 heteroatoms. The average Bonchev–Trinajstić information content (AvgIpc) is 2.18. The minimum absolute atomic E-state index is 0. The molecule has 0 saturated carbocycles. The van der Waals surface area contributed by atoms with Crippen LogP contribution in [-0.4, -0.2) is 18.9 Å². The maximum absolute atomic E-state index is 10.3. The van der Waals surface area contributed by atoms with Gasteiger partial charge < -0.3 is 10.3 Å². The first-order valence-corrected chi connectivity index (χ1v) is 5.62. The molecule has 88 valence electrons. The Morgan fingerprint density at radius 3 is 1.82 bits per heavy atom. The molecule has 0 atom stereocenters. The number of hydrogen-bond donors (Lipinski definition) is 1. The SMILES string of the molecule is C=C(C)C(N)=O.O=S(=O)([O-])c1ccccc1.[Na+]. The van der Waals surface area contributed by atoms with Gasteiger partial charge in [0.15, 0.2) is 0 Å². The van der Waals surface area contributed by atoms with Crippen LogP contribution >= 0.6 is 0 Å². The van der Waals surface area contributed by atoms with Crippen molar-refractivity contribution in [1.82, 2.24) is 0 Å². The molecule has 1 rings (SSSR count). The van der Waals surface area contributed by atoms with Gasteiger partial charge in [-0.15, -0.1) is 0 Å². The zero-order valence-electron chi connectivity index (χ0n) is 9.71. The second kappa shape index (κ2) is 8.43. The molecule has 0 aliphatic carbocycles. The average molecular weight is 265 g/mol. The van der Waals surface area contributed by atoms with Crippen molar-refractivity contribution < 1.29 is 47.3 Å². The summed E-state index contributed by atoms with van der Waals surface area (Å²) in [5.74, 6) is -0.435. The summed E-state index contributed by atoms with van der Waals surface area (Å²) in [5.41, 5.74) is 5.09. The molecule has 2 N–H and O–H groups in total. The van der Waals surface area contributed by atoms with E-state index in [1.807, 2.05) is 0 Å². The summed E-state index contributed by atoms with van der Waals surface area (Å²) >= 11 is 0. The van der Waals surface area contributed by atoms with Gasteiger partial charge >= 0.3 is 29.6 Å². The molecule has 0 spiro atoms. The molecule has 17 heavy (non-hydrogen) atoms. The van der Waals surface area contributed by atoms with Crippen LogP contribution in [0.4, 0.5) is 0 Å². The summed E-state index contributed by atoms with van der Waals surface area (Å²) < 4.78 is 30.8. The maximum atomic E-state index is 10.3. The van der Waals surface area contributed by atoms with E-state index in [0.29, 0.717) is 5.57 Å². The fourth-order valence-corrected chi connectivity index (χ4v) is 1.08. The first-order valence-electron chi connectivity index (χ1n) is 4.21. The third kappa shape index (κ3) is 9.08. The Morgan fingerprint density at radius 2 is 1.65 bits per heavy atom. The summed E-state index contributed by atoms with van der Waals surface area (Å²) in [4.78, 5) is 9.64. The van der Waals surface area contributed by atoms with Crippen LogP contribution in [0.3, 0.4) is 0 Å². The van der Waals surface area contributed by atoms with Gasteiger partial charge in [-0.1, -0.05) is 24.8 Å². The van der Waals surface area contributed by atoms with E-state index in [-0.39, 0.29) is 34.5 Å². The number of carbonyl (C=O) groups excluding carboxylic acids is 1. The minimum atomic E-state index is -4.25. The van der Waals surface area contributed by atoms with Crippen LogP contribution < -0.4 is 35.3 Å². The van der Waals surface area contributed by atoms with E-state index < -0.39 is 16.0 Å². The molecule has 0 fully saturated rings. The van der Waals surface area contributed by atoms with Crippen molar-refractivity contribution in [2.75, 3.05) is 0 Å². The Kier molecular flexibility index (Phi) is 9.28. The van der Waals surface area contributed by atoms with Gasteiger partial charge in [-0.3, -0.25) is 4.79 Å². The Morgan fingerprint density at radius 1 is 1.29 bits per heavy atom. The number of amides is 1. The van der Waals surface area contributed by atoms with E-state index in [9.17, 15) is 17.8 Å². The molecule has 0 unspecified atom stereocenters. The van der Waals surface area contributed by atoms with Crippen molar-refractivity contribution in [2.24, 2.45) is 5.73 Å². The van der Waals surface area contributed by atoms with E-state index in [2.05, 4.69) is 6.58 Å². The summed E-state index contributed by atoms with van der Waals surface area (Å²) in [6.07, 6.45) is 0. The number of primary amides is 1. The van der Waals surface area contributed by atoms with Crippen molar-refractivity contribution in [3.8, 4) is 0 Å². The summed E-state index contributed by atoms with van der Waals surface area (Å²) in [5, 5.41) is 0.